The molecule has 1 aromatic carbocycles. The Kier molecular flexibility index (Phi) is 4.50. The molecule has 0 amide bonds. The third-order valence-corrected chi connectivity index (χ3v) is 2.66. The summed E-state index contributed by atoms with van der Waals surface area (Å²) in [6.07, 6.45) is 1.48. The third-order valence-electron chi connectivity index (χ3n) is 2.66. The number of nitrogens with one attached hydrogen (secondary N) is 1. The van der Waals surface area contributed by atoms with Crippen LogP contribution in [0.25, 0.3) is 0 Å². The number of carbonyl (C=O) groups is 1. The van der Waals surface area contributed by atoms with E-state index in [4.69, 9.17) is 0 Å². The van der Waals surface area contributed by atoms with E-state index in [-0.39, 0.29) is 5.78 Å². The molecular formula is C13H19NO. The molecule has 0 heterocycles. The van der Waals surface area contributed by atoms with Crippen molar-refractivity contribution in [2.45, 2.75) is 32.7 Å². The van der Waals surface area contributed by atoms with Crippen molar-refractivity contribution in [2.24, 2.45) is 0 Å². The van der Waals surface area contributed by atoms with Gasteiger partial charge in [-0.05, 0) is 26.0 Å². The lowest BCUT2D eigenvalue weighted by Crippen LogP contribution is -2.24. The molecule has 0 saturated heterocycles. The van der Waals surface area contributed by atoms with E-state index >= 15 is 0 Å². The summed E-state index contributed by atoms with van der Waals surface area (Å²) in [6.45, 7) is 4.02. The monoisotopic (exact) mass is 205 g/mol. The summed E-state index contributed by atoms with van der Waals surface area (Å²) in [5.41, 5.74) is 2.02. The number of Topliss-reactive ketones (excluding diaryl/α,β-unsaturated/α-hetero) is 1. The molecule has 0 aliphatic rings. The fourth-order valence-corrected chi connectivity index (χ4v) is 1.59. The van der Waals surface area contributed by atoms with Crippen LogP contribution in [0.5, 0.6) is 0 Å². The summed E-state index contributed by atoms with van der Waals surface area (Å²) in [5, 5.41) is 3.19. The number of carbonyl (C=O) groups excluding carboxylic acids is 1. The molecule has 0 saturated carbocycles. The molecule has 0 fully saturated rings. The van der Waals surface area contributed by atoms with Crippen molar-refractivity contribution in [1.29, 1.82) is 0 Å². The SMILES string of the molecule is CCC(=O)c1ccccc1CC(C)NC. The van der Waals surface area contributed by atoms with Crippen LogP contribution in [0.2, 0.25) is 0 Å². The summed E-state index contributed by atoms with van der Waals surface area (Å²) >= 11 is 0. The van der Waals surface area contributed by atoms with E-state index in [9.17, 15) is 4.79 Å². The van der Waals surface area contributed by atoms with Crippen molar-refractivity contribution in [1.82, 2.24) is 5.32 Å². The van der Waals surface area contributed by atoms with Crippen LogP contribution in [0, 0.1) is 0 Å². The van der Waals surface area contributed by atoms with E-state index in [2.05, 4.69) is 12.2 Å². The lowest BCUT2D eigenvalue weighted by Gasteiger charge is -2.12. The van der Waals surface area contributed by atoms with E-state index in [0.717, 1.165) is 17.5 Å². The molecule has 1 unspecified atom stereocenters. The molecule has 0 radical (unpaired) electrons. The topological polar surface area (TPSA) is 29.1 Å². The van der Waals surface area contributed by atoms with Crippen molar-refractivity contribution < 1.29 is 4.79 Å². The summed E-state index contributed by atoms with van der Waals surface area (Å²) in [4.78, 5) is 11.7. The number of hydrogen-bond acceptors (Lipinski definition) is 2. The predicted octanol–water partition coefficient (Wildman–Crippen LogP) is 2.43. The van der Waals surface area contributed by atoms with Gasteiger partial charge in [0.1, 0.15) is 0 Å². The largest absolute Gasteiger partial charge is 0.317 e. The van der Waals surface area contributed by atoms with Crippen LogP contribution in [-0.2, 0) is 6.42 Å². The van der Waals surface area contributed by atoms with Crippen LogP contribution >= 0.6 is 0 Å². The molecule has 1 atom stereocenters. The maximum absolute atomic E-state index is 11.7. The Labute approximate surface area is 91.7 Å². The zero-order chi connectivity index (χ0) is 11.3. The van der Waals surface area contributed by atoms with E-state index in [1.165, 1.54) is 0 Å². The van der Waals surface area contributed by atoms with Gasteiger partial charge in [-0.25, -0.2) is 0 Å². The maximum atomic E-state index is 11.7. The molecule has 0 aliphatic heterocycles. The minimum absolute atomic E-state index is 0.230. The standard InChI is InChI=1S/C13H19NO/c1-4-13(15)12-8-6-5-7-11(12)9-10(2)14-3/h5-8,10,14H,4,9H2,1-3H3. The van der Waals surface area contributed by atoms with Crippen LogP contribution in [0.3, 0.4) is 0 Å². The fraction of sp³-hybridized carbons (Fsp3) is 0.462. The van der Waals surface area contributed by atoms with Crippen molar-refractivity contribution in [3.05, 3.63) is 35.4 Å². The second kappa shape index (κ2) is 5.66. The number of hydrogen-bond donors (Lipinski definition) is 1. The van der Waals surface area contributed by atoms with Gasteiger partial charge < -0.3 is 5.32 Å². The Bertz CT molecular complexity index is 333. The Morgan fingerprint density at radius 1 is 1.40 bits per heavy atom. The van der Waals surface area contributed by atoms with Crippen LogP contribution in [0.1, 0.15) is 36.2 Å². The highest BCUT2D eigenvalue weighted by Gasteiger charge is 2.10. The highest BCUT2D eigenvalue weighted by Crippen LogP contribution is 2.13. The van der Waals surface area contributed by atoms with Crippen molar-refractivity contribution in [2.75, 3.05) is 7.05 Å². The van der Waals surface area contributed by atoms with Gasteiger partial charge in [-0.3, -0.25) is 4.79 Å². The van der Waals surface area contributed by atoms with Gasteiger partial charge in [0.25, 0.3) is 0 Å². The summed E-state index contributed by atoms with van der Waals surface area (Å²) in [5.74, 6) is 0.230. The van der Waals surface area contributed by atoms with Crippen molar-refractivity contribution >= 4 is 5.78 Å². The molecule has 1 N–H and O–H groups in total. The summed E-state index contributed by atoms with van der Waals surface area (Å²) in [7, 11) is 1.94. The van der Waals surface area contributed by atoms with Gasteiger partial charge in [0.05, 0.1) is 0 Å². The number of benzene rings is 1. The van der Waals surface area contributed by atoms with E-state index in [0.29, 0.717) is 12.5 Å². The van der Waals surface area contributed by atoms with Crippen LogP contribution < -0.4 is 5.32 Å². The number of rotatable bonds is 5. The molecule has 1 rings (SSSR count). The molecular weight excluding hydrogens is 186 g/mol. The first-order chi connectivity index (χ1) is 7.19. The summed E-state index contributed by atoms with van der Waals surface area (Å²) < 4.78 is 0. The smallest absolute Gasteiger partial charge is 0.162 e. The fourth-order valence-electron chi connectivity index (χ4n) is 1.59. The Morgan fingerprint density at radius 2 is 2.07 bits per heavy atom. The van der Waals surface area contributed by atoms with E-state index in [1.54, 1.807) is 0 Å². The van der Waals surface area contributed by atoms with Gasteiger partial charge in [0.2, 0.25) is 0 Å². The zero-order valence-corrected chi connectivity index (χ0v) is 9.71. The van der Waals surface area contributed by atoms with Gasteiger partial charge in [-0.2, -0.15) is 0 Å². The lowest BCUT2D eigenvalue weighted by molar-refractivity contribution is 0.0987. The first kappa shape index (κ1) is 11.9. The normalized spacial score (nSPS) is 12.5. The molecule has 82 valence electrons. The second-order valence-corrected chi connectivity index (χ2v) is 3.83. The van der Waals surface area contributed by atoms with E-state index in [1.807, 2.05) is 38.2 Å². The van der Waals surface area contributed by atoms with E-state index < -0.39 is 0 Å². The molecule has 0 aromatic heterocycles. The first-order valence-corrected chi connectivity index (χ1v) is 5.47. The Hall–Kier alpha value is -1.15. The minimum atomic E-state index is 0.230. The lowest BCUT2D eigenvalue weighted by atomic mass is 9.97. The molecule has 2 nitrogen and oxygen atoms in total. The highest BCUT2D eigenvalue weighted by atomic mass is 16.1. The Morgan fingerprint density at radius 3 is 2.67 bits per heavy atom. The molecule has 2 heteroatoms. The summed E-state index contributed by atoms with van der Waals surface area (Å²) in [6, 6.07) is 8.27. The van der Waals surface area contributed by atoms with Crippen molar-refractivity contribution in [3.63, 3.8) is 0 Å². The van der Waals surface area contributed by atoms with Gasteiger partial charge in [0, 0.05) is 18.0 Å². The van der Waals surface area contributed by atoms with Gasteiger partial charge in [0.15, 0.2) is 5.78 Å². The average Bonchev–Trinajstić information content (AvgIpc) is 2.28. The predicted molar refractivity (Wildman–Crippen MR) is 63.3 cm³/mol. The zero-order valence-electron chi connectivity index (χ0n) is 9.71. The quantitative estimate of drug-likeness (QED) is 0.748. The average molecular weight is 205 g/mol. The van der Waals surface area contributed by atoms with Crippen LogP contribution in [0.15, 0.2) is 24.3 Å². The first-order valence-electron chi connectivity index (χ1n) is 5.47. The number of ketones is 1. The molecule has 0 aliphatic carbocycles. The van der Waals surface area contributed by atoms with Crippen molar-refractivity contribution in [3.8, 4) is 0 Å². The molecule has 15 heavy (non-hydrogen) atoms. The van der Waals surface area contributed by atoms with Gasteiger partial charge in [-0.15, -0.1) is 0 Å². The molecule has 1 aromatic rings. The van der Waals surface area contributed by atoms with Gasteiger partial charge in [-0.1, -0.05) is 31.2 Å². The molecule has 0 bridgehead atoms. The number of likely N-dealkylation sites (N-methyl/N-ethyl adjacent to an activating group) is 1. The van der Waals surface area contributed by atoms with Crippen LogP contribution in [-0.4, -0.2) is 18.9 Å². The highest BCUT2D eigenvalue weighted by molar-refractivity contribution is 5.97. The second-order valence-electron chi connectivity index (χ2n) is 3.83. The Balaban J connectivity index is 2.91. The van der Waals surface area contributed by atoms with Crippen LogP contribution in [0.4, 0.5) is 0 Å². The minimum Gasteiger partial charge on any atom is -0.317 e. The molecule has 0 spiro atoms. The third kappa shape index (κ3) is 3.17. The van der Waals surface area contributed by atoms with Gasteiger partial charge >= 0.3 is 0 Å². The maximum Gasteiger partial charge on any atom is 0.162 e.